The number of carbonyl (C=O) groups excluding carboxylic acids is 1. The van der Waals surface area contributed by atoms with Crippen molar-refractivity contribution in [2.24, 2.45) is 0 Å². The highest BCUT2D eigenvalue weighted by Crippen LogP contribution is 2.14. The number of rotatable bonds is 7. The number of carbonyl (C=O) groups is 2. The maximum Gasteiger partial charge on any atom is 0.421 e. The van der Waals surface area contributed by atoms with E-state index in [1.807, 2.05) is 5.01 Å². The first-order chi connectivity index (χ1) is 10.6. The van der Waals surface area contributed by atoms with Crippen molar-refractivity contribution in [3.05, 3.63) is 29.8 Å². The Balaban J connectivity index is 1.75. The Morgan fingerprint density at radius 3 is 2.41 bits per heavy atom. The summed E-state index contributed by atoms with van der Waals surface area (Å²) < 4.78 is 5.58. The number of ketones is 1. The zero-order chi connectivity index (χ0) is 15.9. The maximum absolute atomic E-state index is 11.3. The lowest BCUT2D eigenvalue weighted by atomic mass is 10.1. The highest BCUT2D eigenvalue weighted by Gasteiger charge is 2.23. The summed E-state index contributed by atoms with van der Waals surface area (Å²) in [5, 5.41) is 12.5. The van der Waals surface area contributed by atoms with Gasteiger partial charge in [-0.25, -0.2) is 14.8 Å². The second-order valence-corrected chi connectivity index (χ2v) is 5.35. The summed E-state index contributed by atoms with van der Waals surface area (Å²) >= 11 is 0. The van der Waals surface area contributed by atoms with Crippen molar-refractivity contribution in [3.8, 4) is 5.75 Å². The zero-order valence-corrected chi connectivity index (χ0v) is 12.8. The fraction of sp³-hybridized carbons (Fsp3) is 0.500. The molecule has 1 aliphatic rings. The molecule has 1 aromatic carbocycles. The number of amides is 1. The van der Waals surface area contributed by atoms with E-state index >= 15 is 0 Å². The molecular formula is C16H22N2O4. The van der Waals surface area contributed by atoms with E-state index in [-0.39, 0.29) is 5.78 Å². The van der Waals surface area contributed by atoms with Crippen molar-refractivity contribution in [2.75, 3.05) is 26.2 Å². The van der Waals surface area contributed by atoms with Gasteiger partial charge in [0.1, 0.15) is 5.75 Å². The molecule has 0 atom stereocenters. The molecule has 22 heavy (non-hydrogen) atoms. The number of hydrogen-bond donors (Lipinski definition) is 1. The molecule has 1 saturated heterocycles. The van der Waals surface area contributed by atoms with Gasteiger partial charge >= 0.3 is 6.09 Å². The van der Waals surface area contributed by atoms with Gasteiger partial charge in [0.05, 0.1) is 6.61 Å². The minimum absolute atomic E-state index is 0.0225. The van der Waals surface area contributed by atoms with Crippen LogP contribution in [0.2, 0.25) is 0 Å². The number of hydrogen-bond acceptors (Lipinski definition) is 4. The average molecular weight is 306 g/mol. The molecule has 6 heteroatoms. The van der Waals surface area contributed by atoms with Gasteiger partial charge in [-0.05, 0) is 44.0 Å². The number of nitrogens with zero attached hydrogens (tertiary/aromatic N) is 2. The quantitative estimate of drug-likeness (QED) is 0.619. The lowest BCUT2D eigenvalue weighted by molar-refractivity contribution is 0.00643. The molecule has 2 rings (SSSR count). The molecule has 6 nitrogen and oxygen atoms in total. The van der Waals surface area contributed by atoms with Crippen molar-refractivity contribution in [2.45, 2.75) is 26.2 Å². The molecule has 0 spiro atoms. The van der Waals surface area contributed by atoms with Gasteiger partial charge in [-0.2, -0.15) is 0 Å². The topological polar surface area (TPSA) is 70.1 Å². The first-order valence-electron chi connectivity index (χ1n) is 7.57. The zero-order valence-electron chi connectivity index (χ0n) is 12.8. The Hall–Kier alpha value is -2.08. The van der Waals surface area contributed by atoms with E-state index in [2.05, 4.69) is 0 Å². The summed E-state index contributed by atoms with van der Waals surface area (Å²) in [4.78, 5) is 22.4. The van der Waals surface area contributed by atoms with E-state index in [9.17, 15) is 14.7 Å². The van der Waals surface area contributed by atoms with Crippen LogP contribution in [0.4, 0.5) is 4.79 Å². The number of ether oxygens (including phenoxy) is 1. The third-order valence-electron chi connectivity index (χ3n) is 3.69. The smallest absolute Gasteiger partial charge is 0.421 e. The monoisotopic (exact) mass is 306 g/mol. The highest BCUT2D eigenvalue weighted by atomic mass is 16.5. The van der Waals surface area contributed by atoms with Crippen molar-refractivity contribution in [1.82, 2.24) is 10.0 Å². The number of carboxylic acid groups (broad SMARTS) is 1. The van der Waals surface area contributed by atoms with E-state index in [4.69, 9.17) is 4.74 Å². The molecular weight excluding hydrogens is 284 g/mol. The van der Waals surface area contributed by atoms with Crippen molar-refractivity contribution in [3.63, 3.8) is 0 Å². The minimum Gasteiger partial charge on any atom is -0.494 e. The summed E-state index contributed by atoms with van der Waals surface area (Å²) in [6, 6.07) is 6.97. The fourth-order valence-corrected chi connectivity index (χ4v) is 2.49. The molecule has 0 bridgehead atoms. The van der Waals surface area contributed by atoms with Crippen LogP contribution < -0.4 is 4.74 Å². The second kappa shape index (κ2) is 7.79. The molecule has 0 radical (unpaired) electrons. The predicted octanol–water partition coefficient (Wildman–Crippen LogP) is 2.65. The largest absolute Gasteiger partial charge is 0.494 e. The number of benzene rings is 1. The standard InChI is InChI=1S/C16H22N2O4/c1-13(19)14-5-7-15(8-6-14)22-12-4-11-18(16(20)21)17-9-2-3-10-17/h5-8H,2-4,9-12H2,1H3,(H,20,21). The van der Waals surface area contributed by atoms with Crippen LogP contribution in [0.1, 0.15) is 36.5 Å². The number of Topliss-reactive ketones (excluding diaryl/α,β-unsaturated/α-hetero) is 1. The first-order valence-corrected chi connectivity index (χ1v) is 7.57. The van der Waals surface area contributed by atoms with Crippen LogP contribution >= 0.6 is 0 Å². The van der Waals surface area contributed by atoms with Gasteiger partial charge in [0.2, 0.25) is 0 Å². The SMILES string of the molecule is CC(=O)c1ccc(OCCCN(C(=O)O)N2CCCC2)cc1. The third kappa shape index (κ3) is 4.46. The average Bonchev–Trinajstić information content (AvgIpc) is 3.01. The Labute approximate surface area is 130 Å². The fourth-order valence-electron chi connectivity index (χ4n) is 2.49. The van der Waals surface area contributed by atoms with Gasteiger partial charge in [0.15, 0.2) is 5.78 Å². The van der Waals surface area contributed by atoms with Gasteiger partial charge in [-0.3, -0.25) is 4.79 Å². The van der Waals surface area contributed by atoms with Crippen LogP contribution in [0.25, 0.3) is 0 Å². The van der Waals surface area contributed by atoms with Crippen molar-refractivity contribution < 1.29 is 19.4 Å². The normalized spacial score (nSPS) is 14.8. The summed E-state index contributed by atoms with van der Waals surface area (Å²) in [7, 11) is 0. The third-order valence-corrected chi connectivity index (χ3v) is 3.69. The molecule has 0 aromatic heterocycles. The summed E-state index contributed by atoms with van der Waals surface area (Å²) in [6.45, 7) is 4.01. The van der Waals surface area contributed by atoms with Crippen LogP contribution in [-0.4, -0.2) is 53.2 Å². The summed E-state index contributed by atoms with van der Waals surface area (Å²) in [6.07, 6.45) is 1.80. The molecule has 1 aromatic rings. The maximum atomic E-state index is 11.3. The van der Waals surface area contributed by atoms with Crippen LogP contribution in [0, 0.1) is 0 Å². The van der Waals surface area contributed by atoms with E-state index in [1.165, 1.54) is 11.9 Å². The molecule has 1 heterocycles. The molecule has 0 saturated carbocycles. The summed E-state index contributed by atoms with van der Waals surface area (Å²) in [5.41, 5.74) is 0.651. The lowest BCUT2D eigenvalue weighted by Crippen LogP contribution is -2.45. The molecule has 1 N–H and O–H groups in total. The highest BCUT2D eigenvalue weighted by molar-refractivity contribution is 5.94. The van der Waals surface area contributed by atoms with E-state index in [0.29, 0.717) is 30.9 Å². The predicted molar refractivity (Wildman–Crippen MR) is 82.1 cm³/mol. The molecule has 120 valence electrons. The Morgan fingerprint density at radius 1 is 1.23 bits per heavy atom. The Kier molecular flexibility index (Phi) is 5.77. The van der Waals surface area contributed by atoms with Gasteiger partial charge in [0, 0.05) is 31.6 Å². The van der Waals surface area contributed by atoms with Crippen LogP contribution in [0.5, 0.6) is 5.75 Å². The Morgan fingerprint density at radius 2 is 1.86 bits per heavy atom. The van der Waals surface area contributed by atoms with E-state index < -0.39 is 6.09 Å². The van der Waals surface area contributed by atoms with Gasteiger partial charge in [-0.15, -0.1) is 0 Å². The van der Waals surface area contributed by atoms with Gasteiger partial charge in [-0.1, -0.05) is 0 Å². The summed E-state index contributed by atoms with van der Waals surface area (Å²) in [5.74, 6) is 0.710. The van der Waals surface area contributed by atoms with Crippen molar-refractivity contribution in [1.29, 1.82) is 0 Å². The van der Waals surface area contributed by atoms with Gasteiger partial charge < -0.3 is 9.84 Å². The molecule has 1 fully saturated rings. The van der Waals surface area contributed by atoms with Crippen LogP contribution in [-0.2, 0) is 0 Å². The minimum atomic E-state index is -0.910. The Bertz CT molecular complexity index is 509. The van der Waals surface area contributed by atoms with E-state index in [0.717, 1.165) is 25.9 Å². The molecule has 0 unspecified atom stereocenters. The van der Waals surface area contributed by atoms with Gasteiger partial charge in [0.25, 0.3) is 0 Å². The molecule has 1 amide bonds. The first kappa shape index (κ1) is 16.3. The number of hydrazine groups is 1. The molecule has 1 aliphatic heterocycles. The van der Waals surface area contributed by atoms with E-state index in [1.54, 1.807) is 24.3 Å². The second-order valence-electron chi connectivity index (χ2n) is 5.35. The lowest BCUT2D eigenvalue weighted by Gasteiger charge is -2.28. The van der Waals surface area contributed by atoms with Crippen LogP contribution in [0.15, 0.2) is 24.3 Å². The van der Waals surface area contributed by atoms with Crippen LogP contribution in [0.3, 0.4) is 0 Å². The van der Waals surface area contributed by atoms with Crippen molar-refractivity contribution >= 4 is 11.9 Å². The molecule has 0 aliphatic carbocycles.